The Morgan fingerprint density at radius 2 is 1.83 bits per heavy atom. The molecule has 1 aromatic heterocycles. The fourth-order valence-corrected chi connectivity index (χ4v) is 4.65. The number of hydrogen-bond donors (Lipinski definition) is 1. The molecule has 0 atom stereocenters. The van der Waals surface area contributed by atoms with E-state index in [9.17, 15) is 4.79 Å². The zero-order valence-corrected chi connectivity index (χ0v) is 17.6. The SMILES string of the molecule is O=C(/C=C/c1ccc(Cl)cc1)Nc1nnc(SCc2cccc3ccccc23)s1. The highest BCUT2D eigenvalue weighted by molar-refractivity contribution is 8.00. The van der Waals surface area contributed by atoms with Gasteiger partial charge in [-0.3, -0.25) is 10.1 Å². The molecule has 144 valence electrons. The van der Waals surface area contributed by atoms with Crippen LogP contribution in [0.25, 0.3) is 16.8 Å². The second-order valence-electron chi connectivity index (χ2n) is 6.17. The van der Waals surface area contributed by atoms with Gasteiger partial charge in [0.05, 0.1) is 0 Å². The predicted molar refractivity (Wildman–Crippen MR) is 123 cm³/mol. The van der Waals surface area contributed by atoms with E-state index in [1.807, 2.05) is 24.3 Å². The Labute approximate surface area is 181 Å². The molecule has 29 heavy (non-hydrogen) atoms. The van der Waals surface area contributed by atoms with Crippen molar-refractivity contribution in [2.45, 2.75) is 10.1 Å². The summed E-state index contributed by atoms with van der Waals surface area (Å²) in [5, 5.41) is 14.6. The van der Waals surface area contributed by atoms with Gasteiger partial charge < -0.3 is 0 Å². The van der Waals surface area contributed by atoms with Crippen molar-refractivity contribution in [1.82, 2.24) is 10.2 Å². The fraction of sp³-hybridized carbons (Fsp3) is 0.0455. The number of thioether (sulfide) groups is 1. The van der Waals surface area contributed by atoms with Gasteiger partial charge in [0.25, 0.3) is 0 Å². The van der Waals surface area contributed by atoms with Crippen molar-refractivity contribution >= 4 is 62.6 Å². The summed E-state index contributed by atoms with van der Waals surface area (Å²) in [6, 6.07) is 21.9. The average molecular weight is 438 g/mol. The summed E-state index contributed by atoms with van der Waals surface area (Å²) in [5.74, 6) is 0.544. The molecule has 7 heteroatoms. The molecule has 0 saturated carbocycles. The molecule has 1 amide bonds. The third kappa shape index (κ3) is 5.23. The van der Waals surface area contributed by atoms with E-state index < -0.39 is 0 Å². The van der Waals surface area contributed by atoms with E-state index in [4.69, 9.17) is 11.6 Å². The summed E-state index contributed by atoms with van der Waals surface area (Å²) in [7, 11) is 0. The number of fused-ring (bicyclic) bond motifs is 1. The Hall–Kier alpha value is -2.67. The number of aromatic nitrogens is 2. The van der Waals surface area contributed by atoms with E-state index in [1.54, 1.807) is 30.0 Å². The number of nitrogens with one attached hydrogen (secondary N) is 1. The zero-order chi connectivity index (χ0) is 20.1. The number of nitrogens with zero attached hydrogens (tertiary/aromatic N) is 2. The quantitative estimate of drug-likeness (QED) is 0.219. The first-order valence-corrected chi connectivity index (χ1v) is 11.0. The van der Waals surface area contributed by atoms with Crippen LogP contribution in [0, 0.1) is 0 Å². The number of halogens is 1. The average Bonchev–Trinajstić information content (AvgIpc) is 3.19. The van der Waals surface area contributed by atoms with Crippen molar-refractivity contribution in [3.63, 3.8) is 0 Å². The van der Waals surface area contributed by atoms with Gasteiger partial charge in [-0.25, -0.2) is 0 Å². The van der Waals surface area contributed by atoms with Crippen molar-refractivity contribution in [1.29, 1.82) is 0 Å². The predicted octanol–water partition coefficient (Wildman–Crippen LogP) is 6.29. The van der Waals surface area contributed by atoms with Gasteiger partial charge in [-0.1, -0.05) is 89.3 Å². The van der Waals surface area contributed by atoms with Crippen LogP contribution in [0.1, 0.15) is 11.1 Å². The van der Waals surface area contributed by atoms with Gasteiger partial charge in [0, 0.05) is 16.9 Å². The Balaban J connectivity index is 1.35. The van der Waals surface area contributed by atoms with Crippen molar-refractivity contribution in [2.24, 2.45) is 0 Å². The number of amides is 1. The van der Waals surface area contributed by atoms with Gasteiger partial charge in [0.2, 0.25) is 11.0 Å². The van der Waals surface area contributed by atoms with E-state index in [0.717, 1.165) is 15.7 Å². The topological polar surface area (TPSA) is 54.9 Å². The molecule has 3 aromatic carbocycles. The lowest BCUT2D eigenvalue weighted by molar-refractivity contribution is -0.111. The van der Waals surface area contributed by atoms with Crippen LogP contribution in [0.5, 0.6) is 0 Å². The summed E-state index contributed by atoms with van der Waals surface area (Å²) in [5.41, 5.74) is 2.15. The van der Waals surface area contributed by atoms with Crippen LogP contribution in [-0.2, 0) is 10.5 Å². The van der Waals surface area contributed by atoms with E-state index in [1.165, 1.54) is 33.7 Å². The van der Waals surface area contributed by atoms with E-state index in [-0.39, 0.29) is 5.91 Å². The van der Waals surface area contributed by atoms with Crippen LogP contribution in [-0.4, -0.2) is 16.1 Å². The molecule has 0 fully saturated rings. The van der Waals surface area contributed by atoms with E-state index >= 15 is 0 Å². The molecule has 0 aliphatic carbocycles. The van der Waals surface area contributed by atoms with Crippen molar-refractivity contribution in [2.75, 3.05) is 5.32 Å². The van der Waals surface area contributed by atoms with Gasteiger partial charge in [-0.15, -0.1) is 10.2 Å². The minimum absolute atomic E-state index is 0.248. The summed E-state index contributed by atoms with van der Waals surface area (Å²) in [6.07, 6.45) is 3.19. The first kappa shape index (κ1) is 19.6. The molecule has 4 rings (SSSR count). The van der Waals surface area contributed by atoms with Gasteiger partial charge in [-0.05, 0) is 40.1 Å². The molecule has 0 radical (unpaired) electrons. The lowest BCUT2D eigenvalue weighted by atomic mass is 10.1. The Morgan fingerprint density at radius 1 is 1.03 bits per heavy atom. The van der Waals surface area contributed by atoms with Gasteiger partial charge in [0.15, 0.2) is 4.34 Å². The number of carbonyl (C=O) groups is 1. The van der Waals surface area contributed by atoms with Gasteiger partial charge in [0.1, 0.15) is 0 Å². The summed E-state index contributed by atoms with van der Waals surface area (Å²) >= 11 is 8.84. The van der Waals surface area contributed by atoms with Crippen molar-refractivity contribution in [3.05, 3.63) is 89.0 Å². The Bertz CT molecular complexity index is 1170. The highest BCUT2D eigenvalue weighted by atomic mass is 35.5. The van der Waals surface area contributed by atoms with Crippen LogP contribution in [0.4, 0.5) is 5.13 Å². The molecule has 0 unspecified atom stereocenters. The summed E-state index contributed by atoms with van der Waals surface area (Å²) in [6.45, 7) is 0. The number of rotatable bonds is 6. The van der Waals surface area contributed by atoms with Gasteiger partial charge >= 0.3 is 0 Å². The second kappa shape index (κ2) is 9.22. The third-order valence-electron chi connectivity index (χ3n) is 4.16. The monoisotopic (exact) mass is 437 g/mol. The van der Waals surface area contributed by atoms with Crippen LogP contribution in [0.15, 0.2) is 77.1 Å². The number of benzene rings is 3. The van der Waals surface area contributed by atoms with E-state index in [0.29, 0.717) is 10.2 Å². The normalized spacial score (nSPS) is 11.2. The number of hydrogen-bond acceptors (Lipinski definition) is 5. The van der Waals surface area contributed by atoms with Crippen LogP contribution >= 0.6 is 34.7 Å². The van der Waals surface area contributed by atoms with Gasteiger partial charge in [-0.2, -0.15) is 0 Å². The standard InChI is InChI=1S/C22H16ClN3OS2/c23-18-11-8-15(9-12-18)10-13-20(27)24-21-25-26-22(29-21)28-14-17-6-3-5-16-4-1-2-7-19(16)17/h1-13H,14H2,(H,24,25,27)/b13-10+. The Kier molecular flexibility index (Phi) is 6.24. The maximum atomic E-state index is 12.1. The first-order chi connectivity index (χ1) is 14.2. The zero-order valence-electron chi connectivity index (χ0n) is 15.2. The third-order valence-corrected chi connectivity index (χ3v) is 6.44. The van der Waals surface area contributed by atoms with Crippen LogP contribution in [0.2, 0.25) is 5.02 Å². The fourth-order valence-electron chi connectivity index (χ4n) is 2.77. The molecule has 0 bridgehead atoms. The first-order valence-electron chi connectivity index (χ1n) is 8.85. The van der Waals surface area contributed by atoms with Crippen molar-refractivity contribution < 1.29 is 4.79 Å². The maximum Gasteiger partial charge on any atom is 0.250 e. The molecule has 0 aliphatic heterocycles. The van der Waals surface area contributed by atoms with E-state index in [2.05, 4.69) is 45.8 Å². The highest BCUT2D eigenvalue weighted by Crippen LogP contribution is 2.30. The molecule has 0 spiro atoms. The highest BCUT2D eigenvalue weighted by Gasteiger charge is 2.08. The molecular formula is C22H16ClN3OS2. The second-order valence-corrected chi connectivity index (χ2v) is 8.81. The smallest absolute Gasteiger partial charge is 0.250 e. The molecule has 0 aliphatic rings. The minimum atomic E-state index is -0.248. The molecule has 4 nitrogen and oxygen atoms in total. The van der Waals surface area contributed by atoms with Crippen molar-refractivity contribution in [3.8, 4) is 0 Å². The molecule has 1 N–H and O–H groups in total. The lowest BCUT2D eigenvalue weighted by Crippen LogP contribution is -2.07. The molecular weight excluding hydrogens is 422 g/mol. The maximum absolute atomic E-state index is 12.1. The molecule has 1 heterocycles. The minimum Gasteiger partial charge on any atom is -0.297 e. The summed E-state index contributed by atoms with van der Waals surface area (Å²) in [4.78, 5) is 12.1. The number of anilines is 1. The van der Waals surface area contributed by atoms with Crippen LogP contribution < -0.4 is 5.32 Å². The lowest BCUT2D eigenvalue weighted by Gasteiger charge is -2.04. The number of carbonyl (C=O) groups excluding carboxylic acids is 1. The summed E-state index contributed by atoms with van der Waals surface area (Å²) < 4.78 is 0.815. The Morgan fingerprint density at radius 3 is 2.69 bits per heavy atom. The van der Waals surface area contributed by atoms with Crippen LogP contribution in [0.3, 0.4) is 0 Å². The molecule has 0 saturated heterocycles. The molecule has 4 aromatic rings. The largest absolute Gasteiger partial charge is 0.297 e.